The Bertz CT molecular complexity index is 539. The van der Waals surface area contributed by atoms with Crippen LogP contribution in [0.3, 0.4) is 0 Å². The average Bonchev–Trinajstić information content (AvgIpc) is 2.63. The highest BCUT2D eigenvalue weighted by atomic mass is 16.4. The molecule has 3 nitrogen and oxygen atoms in total. The summed E-state index contributed by atoms with van der Waals surface area (Å²) in [6.07, 6.45) is 1.53. The number of hydrogen-bond donors (Lipinski definition) is 2. The zero-order chi connectivity index (χ0) is 10.4. The van der Waals surface area contributed by atoms with Gasteiger partial charge in [0.05, 0.1) is 0 Å². The zero-order valence-electron chi connectivity index (χ0n) is 7.92. The average molecular weight is 202 g/mol. The van der Waals surface area contributed by atoms with Crippen molar-refractivity contribution in [1.82, 2.24) is 0 Å². The summed E-state index contributed by atoms with van der Waals surface area (Å²) in [6.45, 7) is 0. The molecule has 0 unspecified atom stereocenters. The van der Waals surface area contributed by atoms with Crippen LogP contribution < -0.4 is 0 Å². The predicted octanol–water partition coefficient (Wildman–Crippen LogP) is 1.85. The number of para-hydroxylation sites is 1. The summed E-state index contributed by atoms with van der Waals surface area (Å²) in [5.74, 6) is 0.450. The molecule has 1 aliphatic rings. The molecule has 76 valence electrons. The molecule has 0 spiro atoms. The van der Waals surface area contributed by atoms with Crippen LogP contribution >= 0.6 is 0 Å². The Morgan fingerprint density at radius 3 is 2.80 bits per heavy atom. The van der Waals surface area contributed by atoms with E-state index in [-0.39, 0.29) is 0 Å². The summed E-state index contributed by atoms with van der Waals surface area (Å²) in [5, 5.41) is 20.2. The molecule has 0 aliphatic heterocycles. The number of aliphatic hydroxyl groups is 2. The standard InChI is InChI=1S/C12H10O3/c13-9-6-5-8-7-3-1-2-4-10(7)15-12(8)11(9)14/h1-6,9,11,13-14H/t9-,11-/m0/s1. The van der Waals surface area contributed by atoms with E-state index in [4.69, 9.17) is 4.42 Å². The minimum atomic E-state index is -0.961. The molecule has 1 aromatic carbocycles. The van der Waals surface area contributed by atoms with Crippen molar-refractivity contribution in [3.63, 3.8) is 0 Å². The number of rotatable bonds is 0. The molecular formula is C12H10O3. The Morgan fingerprint density at radius 1 is 1.13 bits per heavy atom. The first-order valence-electron chi connectivity index (χ1n) is 4.83. The SMILES string of the molecule is O[C@@H]1c2oc3ccccc3c2C=C[C@@H]1O. The van der Waals surface area contributed by atoms with E-state index < -0.39 is 12.2 Å². The second-order valence-corrected chi connectivity index (χ2v) is 3.67. The number of fused-ring (bicyclic) bond motifs is 3. The molecule has 2 N–H and O–H groups in total. The van der Waals surface area contributed by atoms with Crippen LogP contribution in [0.2, 0.25) is 0 Å². The zero-order valence-corrected chi connectivity index (χ0v) is 7.92. The summed E-state index contributed by atoms with van der Waals surface area (Å²) in [5.41, 5.74) is 1.60. The summed E-state index contributed by atoms with van der Waals surface area (Å²) < 4.78 is 5.51. The van der Waals surface area contributed by atoms with Gasteiger partial charge in [-0.15, -0.1) is 0 Å². The van der Waals surface area contributed by atoms with E-state index in [1.54, 1.807) is 12.2 Å². The molecular weight excluding hydrogens is 192 g/mol. The first-order chi connectivity index (χ1) is 7.27. The summed E-state index contributed by atoms with van der Waals surface area (Å²) in [6, 6.07) is 7.58. The van der Waals surface area contributed by atoms with E-state index >= 15 is 0 Å². The van der Waals surface area contributed by atoms with Crippen LogP contribution in [-0.4, -0.2) is 16.3 Å². The maximum Gasteiger partial charge on any atom is 0.144 e. The Morgan fingerprint density at radius 2 is 1.93 bits per heavy atom. The monoisotopic (exact) mass is 202 g/mol. The topological polar surface area (TPSA) is 53.6 Å². The van der Waals surface area contributed by atoms with Gasteiger partial charge in [-0.1, -0.05) is 30.4 Å². The van der Waals surface area contributed by atoms with Crippen molar-refractivity contribution in [2.24, 2.45) is 0 Å². The van der Waals surface area contributed by atoms with Crippen LogP contribution in [-0.2, 0) is 0 Å². The fourth-order valence-corrected chi connectivity index (χ4v) is 1.93. The van der Waals surface area contributed by atoms with Crippen LogP contribution in [0.25, 0.3) is 17.0 Å². The van der Waals surface area contributed by atoms with Gasteiger partial charge in [0.25, 0.3) is 0 Å². The second kappa shape index (κ2) is 2.95. The third-order valence-corrected chi connectivity index (χ3v) is 2.71. The molecule has 2 atom stereocenters. The lowest BCUT2D eigenvalue weighted by Crippen LogP contribution is -2.18. The van der Waals surface area contributed by atoms with Gasteiger partial charge in [0.1, 0.15) is 23.6 Å². The molecule has 0 saturated carbocycles. The molecule has 3 rings (SSSR count). The minimum absolute atomic E-state index is 0.450. The number of aliphatic hydroxyl groups excluding tert-OH is 2. The Kier molecular flexibility index (Phi) is 1.71. The van der Waals surface area contributed by atoms with Gasteiger partial charge in [0, 0.05) is 10.9 Å². The third-order valence-electron chi connectivity index (χ3n) is 2.71. The van der Waals surface area contributed by atoms with E-state index in [1.165, 1.54) is 0 Å². The van der Waals surface area contributed by atoms with Crippen molar-refractivity contribution in [2.75, 3.05) is 0 Å². The van der Waals surface area contributed by atoms with Crippen molar-refractivity contribution < 1.29 is 14.6 Å². The number of furan rings is 1. The molecule has 0 radical (unpaired) electrons. The Labute approximate surface area is 86.3 Å². The molecule has 1 heterocycles. The molecule has 0 fully saturated rings. The lowest BCUT2D eigenvalue weighted by molar-refractivity contribution is 0.0330. The Balaban J connectivity index is 2.33. The van der Waals surface area contributed by atoms with Gasteiger partial charge in [-0.2, -0.15) is 0 Å². The maximum atomic E-state index is 9.74. The summed E-state index contributed by atoms with van der Waals surface area (Å²) in [4.78, 5) is 0. The normalized spacial score (nSPS) is 24.4. The van der Waals surface area contributed by atoms with Crippen molar-refractivity contribution >= 4 is 17.0 Å². The highest BCUT2D eigenvalue weighted by Gasteiger charge is 2.27. The molecule has 1 aromatic heterocycles. The van der Waals surface area contributed by atoms with Gasteiger partial charge in [0.15, 0.2) is 0 Å². The lowest BCUT2D eigenvalue weighted by Gasteiger charge is -2.16. The highest BCUT2D eigenvalue weighted by molar-refractivity contribution is 5.89. The largest absolute Gasteiger partial charge is 0.458 e. The van der Waals surface area contributed by atoms with Gasteiger partial charge in [-0.3, -0.25) is 0 Å². The Hall–Kier alpha value is -1.58. The van der Waals surface area contributed by atoms with Gasteiger partial charge >= 0.3 is 0 Å². The van der Waals surface area contributed by atoms with Crippen LogP contribution in [0, 0.1) is 0 Å². The minimum Gasteiger partial charge on any atom is -0.458 e. The van der Waals surface area contributed by atoms with Crippen LogP contribution in [0.15, 0.2) is 34.8 Å². The van der Waals surface area contributed by atoms with Crippen molar-refractivity contribution in [3.8, 4) is 0 Å². The fraction of sp³-hybridized carbons (Fsp3) is 0.167. The first-order valence-corrected chi connectivity index (χ1v) is 4.83. The summed E-state index contributed by atoms with van der Waals surface area (Å²) >= 11 is 0. The molecule has 15 heavy (non-hydrogen) atoms. The molecule has 3 heteroatoms. The van der Waals surface area contributed by atoms with Crippen LogP contribution in [0.1, 0.15) is 17.4 Å². The van der Waals surface area contributed by atoms with Gasteiger partial charge in [-0.25, -0.2) is 0 Å². The van der Waals surface area contributed by atoms with E-state index in [0.717, 1.165) is 16.5 Å². The molecule has 0 saturated heterocycles. The summed E-state index contributed by atoms with van der Waals surface area (Å²) in [7, 11) is 0. The van der Waals surface area contributed by atoms with Crippen molar-refractivity contribution in [3.05, 3.63) is 41.7 Å². The second-order valence-electron chi connectivity index (χ2n) is 3.67. The van der Waals surface area contributed by atoms with Gasteiger partial charge in [-0.05, 0) is 6.07 Å². The van der Waals surface area contributed by atoms with E-state index in [9.17, 15) is 10.2 Å². The van der Waals surface area contributed by atoms with Crippen molar-refractivity contribution in [1.29, 1.82) is 0 Å². The fourth-order valence-electron chi connectivity index (χ4n) is 1.93. The molecule has 1 aliphatic carbocycles. The van der Waals surface area contributed by atoms with E-state index in [1.807, 2.05) is 24.3 Å². The first kappa shape index (κ1) is 8.71. The lowest BCUT2D eigenvalue weighted by atomic mass is 9.98. The maximum absolute atomic E-state index is 9.74. The molecule has 0 amide bonds. The van der Waals surface area contributed by atoms with Crippen LogP contribution in [0.4, 0.5) is 0 Å². The quantitative estimate of drug-likeness (QED) is 0.685. The van der Waals surface area contributed by atoms with Crippen LogP contribution in [0.5, 0.6) is 0 Å². The van der Waals surface area contributed by atoms with Gasteiger partial charge < -0.3 is 14.6 Å². The number of hydrogen-bond acceptors (Lipinski definition) is 3. The smallest absolute Gasteiger partial charge is 0.144 e. The van der Waals surface area contributed by atoms with E-state index in [2.05, 4.69) is 0 Å². The van der Waals surface area contributed by atoms with Gasteiger partial charge in [0.2, 0.25) is 0 Å². The number of benzene rings is 1. The molecule has 2 aromatic rings. The van der Waals surface area contributed by atoms with E-state index in [0.29, 0.717) is 5.76 Å². The highest BCUT2D eigenvalue weighted by Crippen LogP contribution is 2.35. The van der Waals surface area contributed by atoms with Crippen molar-refractivity contribution in [2.45, 2.75) is 12.2 Å². The third kappa shape index (κ3) is 1.14. The predicted molar refractivity (Wildman–Crippen MR) is 56.2 cm³/mol. The molecule has 0 bridgehead atoms.